The highest BCUT2D eigenvalue weighted by Gasteiger charge is 2.10. The van der Waals surface area contributed by atoms with Crippen LogP contribution in [0.5, 0.6) is 0 Å². The summed E-state index contributed by atoms with van der Waals surface area (Å²) >= 11 is 1.55. The van der Waals surface area contributed by atoms with E-state index in [0.29, 0.717) is 12.1 Å². The molecule has 0 saturated carbocycles. The van der Waals surface area contributed by atoms with Crippen LogP contribution >= 0.6 is 11.3 Å². The normalized spacial score (nSPS) is 11.9. The van der Waals surface area contributed by atoms with E-state index in [1.54, 1.807) is 29.5 Å². The minimum absolute atomic E-state index is 0.00192. The number of alkyl halides is 2. The van der Waals surface area contributed by atoms with Gasteiger partial charge < -0.3 is 0 Å². The molecule has 0 unspecified atom stereocenters. The number of thiazole rings is 1. The fourth-order valence-corrected chi connectivity index (χ4v) is 2.64. The Labute approximate surface area is 118 Å². The van der Waals surface area contributed by atoms with Crippen molar-refractivity contribution in [2.24, 2.45) is 4.99 Å². The Morgan fingerprint density at radius 2 is 2.20 bits per heavy atom. The maximum Gasteiger partial charge on any atom is 0.264 e. The zero-order valence-corrected chi connectivity index (χ0v) is 11.2. The molecule has 3 aromatic rings. The van der Waals surface area contributed by atoms with Crippen LogP contribution in [0, 0.1) is 0 Å². The van der Waals surface area contributed by atoms with Crippen LogP contribution in [0.2, 0.25) is 0 Å². The summed E-state index contributed by atoms with van der Waals surface area (Å²) in [7, 11) is 0. The lowest BCUT2D eigenvalue weighted by Gasteiger charge is -2.03. The fourth-order valence-electron chi connectivity index (χ4n) is 1.92. The zero-order chi connectivity index (χ0) is 13.9. The molecule has 0 amide bonds. The molecular weight excluding hydrogens is 280 g/mol. The van der Waals surface area contributed by atoms with E-state index in [9.17, 15) is 8.78 Å². The number of aromatic nitrogens is 2. The molecule has 2 heterocycles. The molecule has 6 heteroatoms. The van der Waals surface area contributed by atoms with E-state index in [1.165, 1.54) is 12.3 Å². The molecule has 0 radical (unpaired) electrons. The largest absolute Gasteiger partial charge is 0.297 e. The molecule has 2 aromatic heterocycles. The summed E-state index contributed by atoms with van der Waals surface area (Å²) in [5.41, 5.74) is 1.27. The highest BCUT2D eigenvalue weighted by atomic mass is 32.1. The van der Waals surface area contributed by atoms with Gasteiger partial charge in [0.1, 0.15) is 0 Å². The summed E-state index contributed by atoms with van der Waals surface area (Å²) in [4.78, 5) is 9.49. The maximum absolute atomic E-state index is 12.8. The Hall–Kier alpha value is -2.08. The number of hydrogen-bond acceptors (Lipinski definition) is 3. The van der Waals surface area contributed by atoms with Crippen molar-refractivity contribution >= 4 is 22.5 Å². The van der Waals surface area contributed by atoms with Gasteiger partial charge in [0, 0.05) is 35.1 Å². The first-order valence-electron chi connectivity index (χ1n) is 6.02. The third-order valence-electron chi connectivity index (χ3n) is 2.86. The summed E-state index contributed by atoms with van der Waals surface area (Å²) in [6.07, 6.45) is 2.80. The van der Waals surface area contributed by atoms with E-state index in [-0.39, 0.29) is 5.56 Å². The average molecular weight is 291 g/mol. The number of benzene rings is 1. The summed E-state index contributed by atoms with van der Waals surface area (Å²) < 4.78 is 27.5. The number of hydrogen-bond donors (Lipinski definition) is 0. The first-order valence-corrected chi connectivity index (χ1v) is 6.90. The van der Waals surface area contributed by atoms with Gasteiger partial charge in [0.25, 0.3) is 6.43 Å². The van der Waals surface area contributed by atoms with Crippen molar-refractivity contribution in [2.75, 3.05) is 0 Å². The van der Waals surface area contributed by atoms with Crippen LogP contribution < -0.4 is 0 Å². The standard InChI is InChI=1S/C14H11F2N3S/c15-13(16)12-4-2-1-3-10(12)7-17-8-11-9-19-5-6-20-14(19)18-11/h1-7,9,13H,8H2. The number of aliphatic imine (C=N–C) groups is 1. The van der Waals surface area contributed by atoms with Gasteiger partial charge in [-0.2, -0.15) is 0 Å². The van der Waals surface area contributed by atoms with Crippen LogP contribution in [-0.4, -0.2) is 15.6 Å². The highest BCUT2D eigenvalue weighted by Crippen LogP contribution is 2.21. The zero-order valence-electron chi connectivity index (χ0n) is 10.4. The minimum Gasteiger partial charge on any atom is -0.297 e. The molecule has 20 heavy (non-hydrogen) atoms. The second kappa shape index (κ2) is 5.50. The molecule has 0 saturated heterocycles. The van der Waals surface area contributed by atoms with E-state index in [2.05, 4.69) is 9.98 Å². The summed E-state index contributed by atoms with van der Waals surface area (Å²) in [6.45, 7) is 0.381. The van der Waals surface area contributed by atoms with Crippen molar-refractivity contribution in [1.29, 1.82) is 0 Å². The second-order valence-electron chi connectivity index (χ2n) is 4.22. The van der Waals surface area contributed by atoms with E-state index in [4.69, 9.17) is 0 Å². The Kier molecular flexibility index (Phi) is 3.56. The van der Waals surface area contributed by atoms with Gasteiger partial charge in [-0.05, 0) is 0 Å². The van der Waals surface area contributed by atoms with E-state index >= 15 is 0 Å². The molecule has 1 aromatic carbocycles. The van der Waals surface area contributed by atoms with Gasteiger partial charge in [-0.3, -0.25) is 9.39 Å². The van der Waals surface area contributed by atoms with Gasteiger partial charge in [0.05, 0.1) is 12.2 Å². The first kappa shape index (κ1) is 12.9. The Balaban J connectivity index is 1.76. The molecule has 0 fully saturated rings. The molecule has 3 rings (SSSR count). The van der Waals surface area contributed by atoms with Crippen molar-refractivity contribution in [2.45, 2.75) is 13.0 Å². The number of nitrogens with zero attached hydrogens (tertiary/aromatic N) is 3. The van der Waals surface area contributed by atoms with Crippen molar-refractivity contribution < 1.29 is 8.78 Å². The third-order valence-corrected chi connectivity index (χ3v) is 3.63. The molecule has 0 aliphatic heterocycles. The van der Waals surface area contributed by atoms with Crippen LogP contribution in [-0.2, 0) is 6.54 Å². The van der Waals surface area contributed by atoms with E-state index in [0.717, 1.165) is 10.7 Å². The lowest BCUT2D eigenvalue weighted by atomic mass is 10.1. The van der Waals surface area contributed by atoms with Gasteiger partial charge in [-0.15, -0.1) is 11.3 Å². The average Bonchev–Trinajstić information content (AvgIpc) is 3.00. The first-order chi connectivity index (χ1) is 9.74. The van der Waals surface area contributed by atoms with Crippen LogP contribution in [0.4, 0.5) is 8.78 Å². The molecule has 0 N–H and O–H groups in total. The topological polar surface area (TPSA) is 29.7 Å². The number of imidazole rings is 1. The van der Waals surface area contributed by atoms with Crippen molar-refractivity contribution in [3.63, 3.8) is 0 Å². The smallest absolute Gasteiger partial charge is 0.264 e. The van der Waals surface area contributed by atoms with Crippen molar-refractivity contribution in [3.05, 3.63) is 58.9 Å². The minimum atomic E-state index is -2.49. The molecular formula is C14H11F2N3S. The Morgan fingerprint density at radius 1 is 1.35 bits per heavy atom. The summed E-state index contributed by atoms with van der Waals surface area (Å²) in [6, 6.07) is 6.37. The Bertz CT molecular complexity index is 717. The quantitative estimate of drug-likeness (QED) is 0.669. The highest BCUT2D eigenvalue weighted by molar-refractivity contribution is 7.15. The molecule has 0 bridgehead atoms. The van der Waals surface area contributed by atoms with Gasteiger partial charge in [-0.1, -0.05) is 24.3 Å². The third kappa shape index (κ3) is 2.60. The predicted molar refractivity (Wildman–Crippen MR) is 75.8 cm³/mol. The Morgan fingerprint density at radius 3 is 3.00 bits per heavy atom. The van der Waals surface area contributed by atoms with Crippen LogP contribution in [0.25, 0.3) is 4.96 Å². The second-order valence-corrected chi connectivity index (χ2v) is 5.10. The monoisotopic (exact) mass is 291 g/mol. The predicted octanol–water partition coefficient (Wildman–Crippen LogP) is 3.95. The van der Waals surface area contributed by atoms with E-state index < -0.39 is 6.43 Å². The van der Waals surface area contributed by atoms with Crippen LogP contribution in [0.3, 0.4) is 0 Å². The summed E-state index contributed by atoms with van der Waals surface area (Å²) in [5, 5.41) is 1.95. The van der Waals surface area contributed by atoms with Crippen molar-refractivity contribution in [1.82, 2.24) is 9.38 Å². The SMILES string of the molecule is FC(F)c1ccccc1C=NCc1cn2ccsc2n1. The number of rotatable bonds is 4. The fraction of sp³-hybridized carbons (Fsp3) is 0.143. The molecule has 3 nitrogen and oxygen atoms in total. The van der Waals surface area contributed by atoms with E-state index in [1.807, 2.05) is 22.2 Å². The molecule has 0 spiro atoms. The molecule has 0 aliphatic rings. The maximum atomic E-state index is 12.8. The summed E-state index contributed by atoms with van der Waals surface area (Å²) in [5.74, 6) is 0. The van der Waals surface area contributed by atoms with Crippen molar-refractivity contribution in [3.8, 4) is 0 Å². The molecule has 0 aliphatic carbocycles. The van der Waals surface area contributed by atoms with Gasteiger partial charge in [0.2, 0.25) is 0 Å². The van der Waals surface area contributed by atoms with Gasteiger partial charge in [0.15, 0.2) is 4.96 Å². The number of halogens is 2. The number of fused-ring (bicyclic) bond motifs is 1. The van der Waals surface area contributed by atoms with Gasteiger partial charge >= 0.3 is 0 Å². The molecule has 0 atom stereocenters. The van der Waals surface area contributed by atoms with Gasteiger partial charge in [-0.25, -0.2) is 13.8 Å². The van der Waals surface area contributed by atoms with Crippen LogP contribution in [0.15, 0.2) is 47.0 Å². The lowest BCUT2D eigenvalue weighted by Crippen LogP contribution is -1.93. The molecule has 102 valence electrons. The van der Waals surface area contributed by atoms with Crippen LogP contribution in [0.1, 0.15) is 23.2 Å². The lowest BCUT2D eigenvalue weighted by molar-refractivity contribution is 0.151.